The van der Waals surface area contributed by atoms with Crippen molar-refractivity contribution in [3.05, 3.63) is 77.1 Å². The van der Waals surface area contributed by atoms with Crippen molar-refractivity contribution in [2.75, 3.05) is 23.8 Å². The number of anilines is 2. The number of nitrogens with one attached hydrogen (secondary N) is 2. The SMILES string of the molecule is CCOc1ccc(NC(=O)c2ccc(Cl)c(S(=O)(=O)Nc3ccccc3OC)c2)cc1F. The molecule has 3 aromatic carbocycles. The van der Waals surface area contributed by atoms with Crippen LogP contribution in [-0.2, 0) is 10.0 Å². The maximum Gasteiger partial charge on any atom is 0.263 e. The summed E-state index contributed by atoms with van der Waals surface area (Å²) in [6.07, 6.45) is 0. The highest BCUT2D eigenvalue weighted by Crippen LogP contribution is 2.30. The molecule has 0 aliphatic carbocycles. The van der Waals surface area contributed by atoms with Crippen LogP contribution in [0.15, 0.2) is 65.6 Å². The maximum absolute atomic E-state index is 14.0. The van der Waals surface area contributed by atoms with E-state index in [1.165, 1.54) is 37.4 Å². The number of ether oxygens (including phenoxy) is 2. The monoisotopic (exact) mass is 478 g/mol. The number of hydrogen-bond donors (Lipinski definition) is 2. The highest BCUT2D eigenvalue weighted by atomic mass is 35.5. The topological polar surface area (TPSA) is 93.7 Å². The maximum atomic E-state index is 14.0. The Bertz CT molecular complexity index is 1250. The number of rotatable bonds is 8. The van der Waals surface area contributed by atoms with E-state index >= 15 is 0 Å². The molecular weight excluding hydrogens is 459 g/mol. The zero-order valence-electron chi connectivity index (χ0n) is 17.2. The number of hydrogen-bond acceptors (Lipinski definition) is 5. The summed E-state index contributed by atoms with van der Waals surface area (Å²) < 4.78 is 52.6. The van der Waals surface area contributed by atoms with Crippen molar-refractivity contribution in [3.63, 3.8) is 0 Å². The first kappa shape index (κ1) is 23.4. The molecule has 0 bridgehead atoms. The predicted molar refractivity (Wildman–Crippen MR) is 121 cm³/mol. The second kappa shape index (κ2) is 9.88. The molecule has 0 aliphatic heterocycles. The third-order valence-corrected chi connectivity index (χ3v) is 6.17. The van der Waals surface area contributed by atoms with Gasteiger partial charge in [0.15, 0.2) is 11.6 Å². The van der Waals surface area contributed by atoms with Crippen LogP contribution in [0.5, 0.6) is 11.5 Å². The van der Waals surface area contributed by atoms with Crippen molar-refractivity contribution in [2.24, 2.45) is 0 Å². The third kappa shape index (κ3) is 5.30. The van der Waals surface area contributed by atoms with Crippen LogP contribution in [0.2, 0.25) is 5.02 Å². The zero-order valence-corrected chi connectivity index (χ0v) is 18.8. The number of amides is 1. The summed E-state index contributed by atoms with van der Waals surface area (Å²) in [5.41, 5.74) is 0.414. The van der Waals surface area contributed by atoms with Crippen LogP contribution in [0.1, 0.15) is 17.3 Å². The normalized spacial score (nSPS) is 11.0. The van der Waals surface area contributed by atoms with Crippen LogP contribution in [-0.4, -0.2) is 28.0 Å². The van der Waals surface area contributed by atoms with Crippen molar-refractivity contribution in [1.82, 2.24) is 0 Å². The van der Waals surface area contributed by atoms with Crippen LogP contribution in [0, 0.1) is 5.82 Å². The fourth-order valence-electron chi connectivity index (χ4n) is 2.83. The molecule has 2 N–H and O–H groups in total. The number of sulfonamides is 1. The van der Waals surface area contributed by atoms with E-state index in [0.29, 0.717) is 12.4 Å². The van der Waals surface area contributed by atoms with Crippen LogP contribution >= 0.6 is 11.6 Å². The standard InChI is InChI=1S/C22H20ClFN2O5S/c1-3-31-19-11-9-15(13-17(19)24)25-22(27)14-8-10-16(23)21(12-14)32(28,29)26-18-6-4-5-7-20(18)30-2/h4-13,26H,3H2,1-2H3,(H,25,27). The van der Waals surface area contributed by atoms with Gasteiger partial charge >= 0.3 is 0 Å². The lowest BCUT2D eigenvalue weighted by Crippen LogP contribution is -2.17. The molecule has 0 unspecified atom stereocenters. The first-order valence-corrected chi connectivity index (χ1v) is 11.3. The molecule has 7 nitrogen and oxygen atoms in total. The van der Waals surface area contributed by atoms with Crippen molar-refractivity contribution in [2.45, 2.75) is 11.8 Å². The lowest BCUT2D eigenvalue weighted by atomic mass is 10.2. The minimum Gasteiger partial charge on any atom is -0.495 e. The van der Waals surface area contributed by atoms with Gasteiger partial charge in [-0.1, -0.05) is 23.7 Å². The van der Waals surface area contributed by atoms with Gasteiger partial charge in [0.25, 0.3) is 15.9 Å². The lowest BCUT2D eigenvalue weighted by Gasteiger charge is -2.13. The molecule has 10 heteroatoms. The molecule has 0 radical (unpaired) electrons. The quantitative estimate of drug-likeness (QED) is 0.478. The van der Waals surface area contributed by atoms with Crippen molar-refractivity contribution in [3.8, 4) is 11.5 Å². The predicted octanol–water partition coefficient (Wildman–Crippen LogP) is 4.94. The van der Waals surface area contributed by atoms with Gasteiger partial charge in [0, 0.05) is 17.3 Å². The molecule has 0 aromatic heterocycles. The summed E-state index contributed by atoms with van der Waals surface area (Å²) in [4.78, 5) is 12.3. The first-order chi connectivity index (χ1) is 15.2. The average molecular weight is 479 g/mol. The van der Waals surface area contributed by atoms with Crippen molar-refractivity contribution in [1.29, 1.82) is 0 Å². The summed E-state index contributed by atoms with van der Waals surface area (Å²) >= 11 is 6.11. The Morgan fingerprint density at radius 2 is 1.81 bits per heavy atom. The van der Waals surface area contributed by atoms with E-state index < -0.39 is 21.7 Å². The molecule has 3 aromatic rings. The molecule has 0 atom stereocenters. The minimum absolute atomic E-state index is 0.0177. The molecule has 168 valence electrons. The molecule has 0 aliphatic rings. The van der Waals surface area contributed by atoms with E-state index in [2.05, 4.69) is 10.0 Å². The number of methoxy groups -OCH3 is 1. The summed E-state index contributed by atoms with van der Waals surface area (Å²) in [5, 5.41) is 2.45. The van der Waals surface area contributed by atoms with Crippen LogP contribution in [0.25, 0.3) is 0 Å². The van der Waals surface area contributed by atoms with Crippen molar-refractivity contribution < 1.29 is 27.1 Å². The Balaban J connectivity index is 1.86. The number of carbonyl (C=O) groups excluding carboxylic acids is 1. The van der Waals surface area contributed by atoms with Gasteiger partial charge in [-0.05, 0) is 49.4 Å². The van der Waals surface area contributed by atoms with E-state index in [0.717, 1.165) is 12.1 Å². The highest BCUT2D eigenvalue weighted by molar-refractivity contribution is 7.92. The second-order valence-electron chi connectivity index (χ2n) is 6.48. The third-order valence-electron chi connectivity index (χ3n) is 4.32. The fraction of sp³-hybridized carbons (Fsp3) is 0.136. The van der Waals surface area contributed by atoms with Crippen LogP contribution in [0.3, 0.4) is 0 Å². The lowest BCUT2D eigenvalue weighted by molar-refractivity contribution is 0.102. The largest absolute Gasteiger partial charge is 0.495 e. The Hall–Kier alpha value is -3.30. The summed E-state index contributed by atoms with van der Waals surface area (Å²) in [6, 6.07) is 14.2. The molecule has 0 fully saturated rings. The molecule has 0 spiro atoms. The van der Waals surface area contributed by atoms with Gasteiger partial charge in [-0.3, -0.25) is 9.52 Å². The number of carbonyl (C=O) groups is 1. The van der Waals surface area contributed by atoms with Gasteiger partial charge in [-0.25, -0.2) is 12.8 Å². The number of benzene rings is 3. The minimum atomic E-state index is -4.14. The van der Waals surface area contributed by atoms with Gasteiger partial charge in [-0.2, -0.15) is 0 Å². The van der Waals surface area contributed by atoms with Gasteiger partial charge in [-0.15, -0.1) is 0 Å². The Labute approximate surface area is 190 Å². The fourth-order valence-corrected chi connectivity index (χ4v) is 4.43. The summed E-state index contributed by atoms with van der Waals surface area (Å²) in [6.45, 7) is 2.03. The van der Waals surface area contributed by atoms with Gasteiger partial charge in [0.1, 0.15) is 10.6 Å². The van der Waals surface area contributed by atoms with E-state index in [4.69, 9.17) is 21.1 Å². The van der Waals surface area contributed by atoms with Gasteiger partial charge in [0.05, 0.1) is 24.4 Å². The molecule has 32 heavy (non-hydrogen) atoms. The van der Waals surface area contributed by atoms with Gasteiger partial charge < -0.3 is 14.8 Å². The van der Waals surface area contributed by atoms with E-state index in [9.17, 15) is 17.6 Å². The molecule has 0 heterocycles. The van der Waals surface area contributed by atoms with Crippen LogP contribution in [0.4, 0.5) is 15.8 Å². The van der Waals surface area contributed by atoms with Gasteiger partial charge in [0.2, 0.25) is 0 Å². The van der Waals surface area contributed by atoms with E-state index in [1.807, 2.05) is 0 Å². The Morgan fingerprint density at radius 1 is 1.06 bits per heavy atom. The van der Waals surface area contributed by atoms with E-state index in [1.54, 1.807) is 25.1 Å². The van der Waals surface area contributed by atoms with Crippen molar-refractivity contribution >= 4 is 38.9 Å². The Morgan fingerprint density at radius 3 is 2.50 bits per heavy atom. The molecular formula is C22H20ClFN2O5S. The smallest absolute Gasteiger partial charge is 0.263 e. The summed E-state index contributed by atoms with van der Waals surface area (Å²) in [7, 11) is -2.73. The zero-order chi connectivity index (χ0) is 23.3. The second-order valence-corrected chi connectivity index (χ2v) is 8.54. The summed E-state index contributed by atoms with van der Waals surface area (Å²) in [5.74, 6) is -0.893. The molecule has 0 saturated carbocycles. The number of halogens is 2. The number of para-hydroxylation sites is 2. The average Bonchev–Trinajstić information content (AvgIpc) is 2.76. The molecule has 1 amide bonds. The highest BCUT2D eigenvalue weighted by Gasteiger charge is 2.22. The molecule has 0 saturated heterocycles. The molecule has 3 rings (SSSR count). The van der Waals surface area contributed by atoms with E-state index in [-0.39, 0.29) is 32.6 Å². The van der Waals surface area contributed by atoms with Crippen LogP contribution < -0.4 is 19.5 Å². The Kier molecular flexibility index (Phi) is 7.22. The first-order valence-electron chi connectivity index (χ1n) is 9.44.